The Morgan fingerprint density at radius 2 is 2.00 bits per heavy atom. The second-order valence-electron chi connectivity index (χ2n) is 6.16. The van der Waals surface area contributed by atoms with Gasteiger partial charge in [-0.2, -0.15) is 0 Å². The van der Waals surface area contributed by atoms with Gasteiger partial charge in [0.25, 0.3) is 0 Å². The van der Waals surface area contributed by atoms with Crippen LogP contribution in [0, 0.1) is 0 Å². The SMILES string of the molecule is COc1cccc(C(O)CNC(=O)C(C)N2CCCCCC2)c1. The van der Waals surface area contributed by atoms with Crippen molar-refractivity contribution in [3.63, 3.8) is 0 Å². The molecule has 1 aliphatic rings. The molecule has 23 heavy (non-hydrogen) atoms. The topological polar surface area (TPSA) is 61.8 Å². The summed E-state index contributed by atoms with van der Waals surface area (Å²) in [6.07, 6.45) is 4.08. The number of carbonyl (C=O) groups is 1. The van der Waals surface area contributed by atoms with Gasteiger partial charge in [0.15, 0.2) is 0 Å². The molecular weight excluding hydrogens is 292 g/mol. The van der Waals surface area contributed by atoms with Gasteiger partial charge in [0.1, 0.15) is 5.75 Å². The van der Waals surface area contributed by atoms with E-state index < -0.39 is 6.10 Å². The van der Waals surface area contributed by atoms with E-state index in [2.05, 4.69) is 10.2 Å². The highest BCUT2D eigenvalue weighted by Crippen LogP contribution is 2.18. The number of carbonyl (C=O) groups excluding carboxylic acids is 1. The first-order valence-electron chi connectivity index (χ1n) is 8.45. The van der Waals surface area contributed by atoms with E-state index in [0.717, 1.165) is 31.5 Å². The molecule has 2 unspecified atom stereocenters. The van der Waals surface area contributed by atoms with Crippen molar-refractivity contribution in [1.82, 2.24) is 10.2 Å². The summed E-state index contributed by atoms with van der Waals surface area (Å²) in [4.78, 5) is 14.6. The van der Waals surface area contributed by atoms with Crippen LogP contribution in [0.5, 0.6) is 5.75 Å². The minimum Gasteiger partial charge on any atom is -0.497 e. The number of aliphatic hydroxyl groups excluding tert-OH is 1. The third kappa shape index (κ3) is 5.22. The molecule has 5 heteroatoms. The maximum atomic E-state index is 12.3. The summed E-state index contributed by atoms with van der Waals surface area (Å²) >= 11 is 0. The standard InChI is InChI=1S/C18H28N2O3/c1-14(20-10-5-3-4-6-11-20)18(22)19-13-17(21)15-8-7-9-16(12-15)23-2/h7-9,12,14,17,21H,3-6,10-11,13H2,1-2H3,(H,19,22). The molecule has 1 aromatic rings. The fourth-order valence-corrected chi connectivity index (χ4v) is 2.96. The van der Waals surface area contributed by atoms with Crippen molar-refractivity contribution in [2.75, 3.05) is 26.7 Å². The van der Waals surface area contributed by atoms with E-state index in [1.54, 1.807) is 13.2 Å². The Kier molecular flexibility index (Phi) is 6.86. The number of methoxy groups -OCH3 is 1. The second-order valence-corrected chi connectivity index (χ2v) is 6.16. The number of ether oxygens (including phenoxy) is 1. The van der Waals surface area contributed by atoms with Gasteiger partial charge in [-0.3, -0.25) is 9.69 Å². The van der Waals surface area contributed by atoms with Crippen LogP contribution in [-0.2, 0) is 4.79 Å². The third-order valence-corrected chi connectivity index (χ3v) is 4.52. The lowest BCUT2D eigenvalue weighted by Crippen LogP contribution is -2.46. The van der Waals surface area contributed by atoms with Gasteiger partial charge in [0, 0.05) is 6.54 Å². The van der Waals surface area contributed by atoms with Gasteiger partial charge in [-0.25, -0.2) is 0 Å². The zero-order valence-corrected chi connectivity index (χ0v) is 14.1. The van der Waals surface area contributed by atoms with E-state index in [9.17, 15) is 9.90 Å². The number of amides is 1. The highest BCUT2D eigenvalue weighted by molar-refractivity contribution is 5.81. The zero-order valence-electron chi connectivity index (χ0n) is 14.1. The zero-order chi connectivity index (χ0) is 16.7. The maximum absolute atomic E-state index is 12.3. The minimum atomic E-state index is -0.731. The molecule has 2 N–H and O–H groups in total. The molecule has 1 amide bonds. The molecule has 1 saturated heterocycles. The molecule has 0 spiro atoms. The number of nitrogens with zero attached hydrogens (tertiary/aromatic N) is 1. The van der Waals surface area contributed by atoms with Crippen molar-refractivity contribution in [1.29, 1.82) is 0 Å². The minimum absolute atomic E-state index is 0.0196. The van der Waals surface area contributed by atoms with E-state index in [1.807, 2.05) is 25.1 Å². The Hall–Kier alpha value is -1.59. The fourth-order valence-electron chi connectivity index (χ4n) is 2.96. The molecule has 0 saturated carbocycles. The molecule has 0 bridgehead atoms. The Bertz CT molecular complexity index is 499. The molecular formula is C18H28N2O3. The Balaban J connectivity index is 1.84. The summed E-state index contributed by atoms with van der Waals surface area (Å²) in [5, 5.41) is 13.1. The third-order valence-electron chi connectivity index (χ3n) is 4.52. The molecule has 2 atom stereocenters. The molecule has 5 nitrogen and oxygen atoms in total. The van der Waals surface area contributed by atoms with Crippen LogP contribution in [0.4, 0.5) is 0 Å². The number of likely N-dealkylation sites (tertiary alicyclic amines) is 1. The van der Waals surface area contributed by atoms with Crippen LogP contribution < -0.4 is 10.1 Å². The highest BCUT2D eigenvalue weighted by atomic mass is 16.5. The average molecular weight is 320 g/mol. The Morgan fingerprint density at radius 1 is 1.30 bits per heavy atom. The van der Waals surface area contributed by atoms with Gasteiger partial charge in [-0.15, -0.1) is 0 Å². The smallest absolute Gasteiger partial charge is 0.237 e. The number of nitrogens with one attached hydrogen (secondary N) is 1. The summed E-state index contributed by atoms with van der Waals surface area (Å²) in [6.45, 7) is 4.11. The maximum Gasteiger partial charge on any atom is 0.237 e. The summed E-state index contributed by atoms with van der Waals surface area (Å²) in [7, 11) is 1.59. The first-order chi connectivity index (χ1) is 11.1. The van der Waals surface area contributed by atoms with Gasteiger partial charge in [0.2, 0.25) is 5.91 Å². The van der Waals surface area contributed by atoms with Gasteiger partial charge in [-0.05, 0) is 50.6 Å². The Labute approximate surface area is 138 Å². The normalized spacial score (nSPS) is 18.7. The molecule has 1 fully saturated rings. The lowest BCUT2D eigenvalue weighted by molar-refractivity contribution is -0.126. The van der Waals surface area contributed by atoms with E-state index in [-0.39, 0.29) is 18.5 Å². The van der Waals surface area contributed by atoms with Crippen LogP contribution in [0.1, 0.15) is 44.3 Å². The summed E-state index contributed by atoms with van der Waals surface area (Å²) in [5.74, 6) is 0.680. The molecule has 0 aliphatic carbocycles. The highest BCUT2D eigenvalue weighted by Gasteiger charge is 2.22. The van der Waals surface area contributed by atoms with Gasteiger partial charge in [-0.1, -0.05) is 25.0 Å². The van der Waals surface area contributed by atoms with Crippen LogP contribution in [0.2, 0.25) is 0 Å². The molecule has 2 rings (SSSR count). The van der Waals surface area contributed by atoms with Crippen molar-refractivity contribution >= 4 is 5.91 Å². The van der Waals surface area contributed by atoms with E-state index >= 15 is 0 Å². The van der Waals surface area contributed by atoms with Crippen molar-refractivity contribution in [3.8, 4) is 5.75 Å². The average Bonchev–Trinajstić information content (AvgIpc) is 2.88. The van der Waals surface area contributed by atoms with Crippen molar-refractivity contribution in [3.05, 3.63) is 29.8 Å². The quantitative estimate of drug-likeness (QED) is 0.843. The lowest BCUT2D eigenvalue weighted by atomic mass is 10.1. The number of hydrogen-bond acceptors (Lipinski definition) is 4. The Morgan fingerprint density at radius 3 is 2.65 bits per heavy atom. The first kappa shape index (κ1) is 17.8. The fraction of sp³-hybridized carbons (Fsp3) is 0.611. The van der Waals surface area contributed by atoms with Crippen LogP contribution >= 0.6 is 0 Å². The van der Waals surface area contributed by atoms with E-state index in [1.165, 1.54) is 12.8 Å². The largest absolute Gasteiger partial charge is 0.497 e. The van der Waals surface area contributed by atoms with Crippen molar-refractivity contribution in [2.45, 2.75) is 44.8 Å². The van der Waals surface area contributed by atoms with Crippen LogP contribution in [0.25, 0.3) is 0 Å². The van der Waals surface area contributed by atoms with Crippen molar-refractivity contribution in [2.24, 2.45) is 0 Å². The van der Waals surface area contributed by atoms with Crippen LogP contribution in [-0.4, -0.2) is 48.7 Å². The molecule has 0 radical (unpaired) electrons. The predicted octanol–water partition coefficient (Wildman–Crippen LogP) is 2.11. The summed E-state index contributed by atoms with van der Waals surface area (Å²) in [6, 6.07) is 7.13. The van der Waals surface area contributed by atoms with E-state index in [4.69, 9.17) is 4.74 Å². The first-order valence-corrected chi connectivity index (χ1v) is 8.45. The van der Waals surface area contributed by atoms with Crippen LogP contribution in [0.3, 0.4) is 0 Å². The van der Waals surface area contributed by atoms with Gasteiger partial charge < -0.3 is 15.2 Å². The summed E-state index contributed by atoms with van der Waals surface area (Å²) < 4.78 is 5.15. The van der Waals surface area contributed by atoms with E-state index in [0.29, 0.717) is 5.75 Å². The van der Waals surface area contributed by atoms with Gasteiger partial charge in [0.05, 0.1) is 19.3 Å². The molecule has 128 valence electrons. The number of benzene rings is 1. The second kappa shape index (κ2) is 8.89. The lowest BCUT2D eigenvalue weighted by Gasteiger charge is -2.27. The number of hydrogen-bond donors (Lipinski definition) is 2. The predicted molar refractivity (Wildman–Crippen MR) is 90.5 cm³/mol. The van der Waals surface area contributed by atoms with Crippen molar-refractivity contribution < 1.29 is 14.6 Å². The number of rotatable bonds is 6. The van der Waals surface area contributed by atoms with Crippen LogP contribution in [0.15, 0.2) is 24.3 Å². The molecule has 1 heterocycles. The summed E-state index contributed by atoms with van der Waals surface area (Å²) in [5.41, 5.74) is 0.743. The molecule has 0 aromatic heterocycles. The molecule has 1 aromatic carbocycles. The number of aliphatic hydroxyl groups is 1. The van der Waals surface area contributed by atoms with Gasteiger partial charge >= 0.3 is 0 Å². The molecule has 1 aliphatic heterocycles. The monoisotopic (exact) mass is 320 g/mol.